The molecular formula is C18H19N5OS2. The van der Waals surface area contributed by atoms with Crippen molar-refractivity contribution in [3.8, 4) is 5.69 Å². The van der Waals surface area contributed by atoms with Gasteiger partial charge in [-0.25, -0.2) is 4.98 Å². The molecule has 3 aromatic rings. The summed E-state index contributed by atoms with van der Waals surface area (Å²) in [5.74, 6) is -0.271. The lowest BCUT2D eigenvalue weighted by atomic mass is 10.2. The average Bonchev–Trinajstić information content (AvgIpc) is 3.08. The van der Waals surface area contributed by atoms with Crippen LogP contribution >= 0.6 is 24.0 Å². The van der Waals surface area contributed by atoms with Gasteiger partial charge in [0.05, 0.1) is 11.0 Å². The number of aromatic nitrogens is 2. The lowest BCUT2D eigenvalue weighted by Gasteiger charge is -2.21. The zero-order chi connectivity index (χ0) is 18.7. The van der Waals surface area contributed by atoms with Crippen molar-refractivity contribution in [1.82, 2.24) is 20.0 Å². The van der Waals surface area contributed by atoms with Crippen LogP contribution in [0.1, 0.15) is 17.3 Å². The van der Waals surface area contributed by atoms with E-state index in [9.17, 15) is 4.79 Å². The van der Waals surface area contributed by atoms with Gasteiger partial charge in [-0.15, -0.1) is 11.8 Å². The number of thioether (sulfide) groups is 1. The molecule has 0 aliphatic carbocycles. The van der Waals surface area contributed by atoms with Crippen LogP contribution in [0.2, 0.25) is 0 Å². The van der Waals surface area contributed by atoms with E-state index in [1.807, 2.05) is 42.0 Å². The Labute approximate surface area is 161 Å². The third-order valence-electron chi connectivity index (χ3n) is 3.98. The maximum atomic E-state index is 12.5. The molecule has 8 heteroatoms. The summed E-state index contributed by atoms with van der Waals surface area (Å²) in [6.45, 7) is 2.35. The van der Waals surface area contributed by atoms with E-state index in [1.165, 1.54) is 9.90 Å². The molecule has 0 spiro atoms. The summed E-state index contributed by atoms with van der Waals surface area (Å²) in [4.78, 5) is 18.1. The number of benzene rings is 2. The smallest absolute Gasteiger partial charge is 0.269 e. The number of fused-ring (bicyclic) bond motifs is 1. The summed E-state index contributed by atoms with van der Waals surface area (Å²) in [5.41, 5.74) is 11.5. The largest absolute Gasteiger partial charge is 0.375 e. The quantitative estimate of drug-likeness (QED) is 0.409. The van der Waals surface area contributed by atoms with Crippen molar-refractivity contribution in [2.45, 2.75) is 11.8 Å². The predicted octanol–water partition coefficient (Wildman–Crippen LogP) is 2.96. The van der Waals surface area contributed by atoms with Gasteiger partial charge in [-0.1, -0.05) is 0 Å². The summed E-state index contributed by atoms with van der Waals surface area (Å²) in [6, 6.07) is 13.6. The van der Waals surface area contributed by atoms with Gasteiger partial charge < -0.3 is 5.73 Å². The summed E-state index contributed by atoms with van der Waals surface area (Å²) < 4.78 is 1.96. The molecule has 26 heavy (non-hydrogen) atoms. The SMILES string of the molecule is CCN(NC(=O)c1ccc2ncn(-c3ccc(SC)cc3)c2c1)C(N)=S. The van der Waals surface area contributed by atoms with E-state index in [0.717, 1.165) is 16.7 Å². The highest BCUT2D eigenvalue weighted by molar-refractivity contribution is 7.98. The Balaban J connectivity index is 1.94. The summed E-state index contributed by atoms with van der Waals surface area (Å²) in [7, 11) is 0. The summed E-state index contributed by atoms with van der Waals surface area (Å²) in [6.07, 6.45) is 3.80. The number of hydrazine groups is 1. The number of nitrogens with zero attached hydrogens (tertiary/aromatic N) is 3. The van der Waals surface area contributed by atoms with Gasteiger partial charge in [0.1, 0.15) is 6.33 Å². The van der Waals surface area contributed by atoms with Gasteiger partial charge in [-0.2, -0.15) is 0 Å². The van der Waals surface area contributed by atoms with Gasteiger partial charge >= 0.3 is 0 Å². The molecule has 0 aliphatic heterocycles. The van der Waals surface area contributed by atoms with Crippen molar-refractivity contribution in [1.29, 1.82) is 0 Å². The van der Waals surface area contributed by atoms with Crippen molar-refractivity contribution in [2.75, 3.05) is 12.8 Å². The highest BCUT2D eigenvalue weighted by atomic mass is 32.2. The number of nitrogens with two attached hydrogens (primary N) is 1. The molecule has 1 aromatic heterocycles. The Morgan fingerprint density at radius 2 is 2.04 bits per heavy atom. The van der Waals surface area contributed by atoms with Crippen molar-refractivity contribution in [2.24, 2.45) is 5.73 Å². The molecule has 0 radical (unpaired) electrons. The molecule has 0 fully saturated rings. The van der Waals surface area contributed by atoms with E-state index in [-0.39, 0.29) is 11.0 Å². The minimum Gasteiger partial charge on any atom is -0.375 e. The second kappa shape index (κ2) is 7.76. The molecule has 1 amide bonds. The molecule has 3 rings (SSSR count). The van der Waals surface area contributed by atoms with Gasteiger partial charge in [0.25, 0.3) is 5.91 Å². The van der Waals surface area contributed by atoms with E-state index in [2.05, 4.69) is 22.5 Å². The molecule has 0 aliphatic rings. The van der Waals surface area contributed by atoms with Gasteiger partial charge in [-0.3, -0.25) is 19.8 Å². The van der Waals surface area contributed by atoms with E-state index in [1.54, 1.807) is 24.2 Å². The van der Waals surface area contributed by atoms with E-state index in [4.69, 9.17) is 18.0 Å². The third kappa shape index (κ3) is 3.66. The molecule has 2 aromatic carbocycles. The Bertz CT molecular complexity index is 952. The predicted molar refractivity (Wildman–Crippen MR) is 109 cm³/mol. The van der Waals surface area contributed by atoms with Crippen LogP contribution in [0, 0.1) is 0 Å². The Hall–Kier alpha value is -2.58. The van der Waals surface area contributed by atoms with Crippen LogP contribution < -0.4 is 11.2 Å². The lowest BCUT2D eigenvalue weighted by molar-refractivity contribution is 0.0875. The van der Waals surface area contributed by atoms with Crippen LogP contribution in [0.5, 0.6) is 0 Å². The average molecular weight is 386 g/mol. The van der Waals surface area contributed by atoms with Gasteiger partial charge in [0.15, 0.2) is 5.11 Å². The number of hydrogen-bond donors (Lipinski definition) is 2. The molecule has 0 unspecified atom stereocenters. The Morgan fingerprint density at radius 1 is 1.31 bits per heavy atom. The fourth-order valence-corrected chi connectivity index (χ4v) is 3.16. The normalized spacial score (nSPS) is 10.7. The topological polar surface area (TPSA) is 76.2 Å². The Morgan fingerprint density at radius 3 is 2.65 bits per heavy atom. The number of nitrogens with one attached hydrogen (secondary N) is 1. The maximum absolute atomic E-state index is 12.5. The second-order valence-corrected chi connectivity index (χ2v) is 6.84. The lowest BCUT2D eigenvalue weighted by Crippen LogP contribution is -2.48. The number of rotatable bonds is 4. The molecule has 1 heterocycles. The summed E-state index contributed by atoms with van der Waals surface area (Å²) >= 11 is 6.62. The molecule has 3 N–H and O–H groups in total. The third-order valence-corrected chi connectivity index (χ3v) is 4.94. The highest BCUT2D eigenvalue weighted by Crippen LogP contribution is 2.22. The zero-order valence-corrected chi connectivity index (χ0v) is 16.1. The van der Waals surface area contributed by atoms with Crippen LogP contribution in [-0.2, 0) is 0 Å². The van der Waals surface area contributed by atoms with Gasteiger partial charge in [0.2, 0.25) is 0 Å². The first-order valence-corrected chi connectivity index (χ1v) is 9.66. The van der Waals surface area contributed by atoms with E-state index < -0.39 is 0 Å². The number of imidazole rings is 1. The van der Waals surface area contributed by atoms with Crippen molar-refractivity contribution >= 4 is 46.0 Å². The maximum Gasteiger partial charge on any atom is 0.269 e. The first-order chi connectivity index (χ1) is 12.5. The first-order valence-electron chi connectivity index (χ1n) is 8.03. The monoisotopic (exact) mass is 385 g/mol. The molecular weight excluding hydrogens is 366 g/mol. The van der Waals surface area contributed by atoms with Crippen LogP contribution in [-0.4, -0.2) is 38.4 Å². The molecule has 0 atom stereocenters. The highest BCUT2D eigenvalue weighted by Gasteiger charge is 2.13. The second-order valence-electron chi connectivity index (χ2n) is 5.54. The molecule has 0 saturated carbocycles. The standard InChI is InChI=1S/C18H19N5OS2/c1-3-23(18(19)25)21-17(24)12-4-9-15-16(10-12)22(11-20-15)13-5-7-14(26-2)8-6-13/h4-11H,3H2,1-2H3,(H2,19,25)(H,21,24). The van der Waals surface area contributed by atoms with Crippen molar-refractivity contribution < 1.29 is 4.79 Å². The molecule has 0 bridgehead atoms. The number of hydrogen-bond acceptors (Lipinski definition) is 4. The van der Waals surface area contributed by atoms with Crippen molar-refractivity contribution in [3.05, 3.63) is 54.4 Å². The van der Waals surface area contributed by atoms with Crippen LogP contribution in [0.4, 0.5) is 0 Å². The molecule has 6 nitrogen and oxygen atoms in total. The van der Waals surface area contributed by atoms with Crippen LogP contribution in [0.15, 0.2) is 53.7 Å². The Kier molecular flexibility index (Phi) is 5.43. The van der Waals surface area contributed by atoms with E-state index >= 15 is 0 Å². The van der Waals surface area contributed by atoms with Crippen LogP contribution in [0.25, 0.3) is 16.7 Å². The van der Waals surface area contributed by atoms with Gasteiger partial charge in [-0.05, 0) is 67.9 Å². The van der Waals surface area contributed by atoms with Crippen molar-refractivity contribution in [3.63, 3.8) is 0 Å². The number of thiocarbonyl (C=S) groups is 1. The minimum absolute atomic E-state index is 0.126. The minimum atomic E-state index is -0.271. The first kappa shape index (κ1) is 18.2. The number of carbonyl (C=O) groups excluding carboxylic acids is 1. The van der Waals surface area contributed by atoms with Crippen LogP contribution in [0.3, 0.4) is 0 Å². The zero-order valence-electron chi connectivity index (χ0n) is 14.5. The molecule has 134 valence electrons. The summed E-state index contributed by atoms with van der Waals surface area (Å²) in [5, 5.41) is 1.56. The fraction of sp³-hybridized carbons (Fsp3) is 0.167. The number of carbonyl (C=O) groups is 1. The molecule has 0 saturated heterocycles. The fourth-order valence-electron chi connectivity index (χ4n) is 2.57. The van der Waals surface area contributed by atoms with E-state index in [0.29, 0.717) is 12.1 Å². The van der Waals surface area contributed by atoms with Gasteiger partial charge in [0, 0.05) is 22.7 Å². The number of amides is 1.